The van der Waals surface area contributed by atoms with Crippen molar-refractivity contribution in [3.8, 4) is 0 Å². The second-order valence-electron chi connectivity index (χ2n) is 5.42. The summed E-state index contributed by atoms with van der Waals surface area (Å²) >= 11 is 1.84. The van der Waals surface area contributed by atoms with Gasteiger partial charge in [-0.3, -0.25) is 4.79 Å². The van der Waals surface area contributed by atoms with Crippen molar-refractivity contribution in [2.75, 3.05) is 5.75 Å². The van der Waals surface area contributed by atoms with Gasteiger partial charge in [0.05, 0.1) is 6.04 Å². The van der Waals surface area contributed by atoms with E-state index in [-0.39, 0.29) is 17.8 Å². The molecule has 3 rings (SSSR count). The molecule has 1 atom stereocenters. The lowest BCUT2D eigenvalue weighted by atomic mass is 10.0. The van der Waals surface area contributed by atoms with E-state index in [1.807, 2.05) is 23.9 Å². The third-order valence-corrected chi connectivity index (χ3v) is 4.97. The summed E-state index contributed by atoms with van der Waals surface area (Å²) in [4.78, 5) is 13.4. The van der Waals surface area contributed by atoms with E-state index in [9.17, 15) is 9.18 Å². The fourth-order valence-corrected chi connectivity index (χ4v) is 3.79. The van der Waals surface area contributed by atoms with Crippen molar-refractivity contribution in [1.29, 1.82) is 0 Å². The smallest absolute Gasteiger partial charge is 0.220 e. The summed E-state index contributed by atoms with van der Waals surface area (Å²) in [6.07, 6.45) is 2.02. The molecule has 0 radical (unpaired) electrons. The number of fused-ring (bicyclic) bond motifs is 1. The number of hydrogen-bond donors (Lipinski definition) is 1. The molecule has 0 bridgehead atoms. The minimum Gasteiger partial charge on any atom is -0.349 e. The van der Waals surface area contributed by atoms with Crippen LogP contribution in [0.5, 0.6) is 0 Å². The molecule has 0 spiro atoms. The maximum absolute atomic E-state index is 12.9. The van der Waals surface area contributed by atoms with Crippen LogP contribution in [0.15, 0.2) is 53.4 Å². The summed E-state index contributed by atoms with van der Waals surface area (Å²) in [5.41, 5.74) is 2.20. The summed E-state index contributed by atoms with van der Waals surface area (Å²) < 4.78 is 12.9. The summed E-state index contributed by atoms with van der Waals surface area (Å²) in [5, 5.41) is 3.13. The van der Waals surface area contributed by atoms with Crippen molar-refractivity contribution in [3.63, 3.8) is 0 Å². The van der Waals surface area contributed by atoms with Gasteiger partial charge in [0.2, 0.25) is 5.91 Å². The Morgan fingerprint density at radius 3 is 2.77 bits per heavy atom. The van der Waals surface area contributed by atoms with E-state index >= 15 is 0 Å². The molecule has 2 nitrogen and oxygen atoms in total. The van der Waals surface area contributed by atoms with Crippen molar-refractivity contribution >= 4 is 17.7 Å². The van der Waals surface area contributed by atoms with Gasteiger partial charge in [-0.2, -0.15) is 0 Å². The Morgan fingerprint density at radius 1 is 1.18 bits per heavy atom. The summed E-state index contributed by atoms with van der Waals surface area (Å²) in [6, 6.07) is 14.7. The normalized spacial score (nSPS) is 16.9. The van der Waals surface area contributed by atoms with Crippen LogP contribution in [0.25, 0.3) is 0 Å². The Kier molecular flexibility index (Phi) is 4.78. The van der Waals surface area contributed by atoms with Gasteiger partial charge in [-0.25, -0.2) is 4.39 Å². The molecule has 1 heterocycles. The first-order valence-corrected chi connectivity index (χ1v) is 8.46. The maximum atomic E-state index is 12.9. The predicted octanol–water partition coefficient (Wildman–Crippen LogP) is 4.11. The molecular formula is C18H18FNOS. The first-order valence-electron chi connectivity index (χ1n) is 7.48. The van der Waals surface area contributed by atoms with E-state index < -0.39 is 0 Å². The van der Waals surface area contributed by atoms with Crippen molar-refractivity contribution < 1.29 is 9.18 Å². The maximum Gasteiger partial charge on any atom is 0.220 e. The van der Waals surface area contributed by atoms with Crippen molar-refractivity contribution in [3.05, 3.63) is 65.5 Å². The zero-order valence-corrected chi connectivity index (χ0v) is 13.0. The van der Waals surface area contributed by atoms with Gasteiger partial charge in [0.15, 0.2) is 0 Å². The number of hydrogen-bond acceptors (Lipinski definition) is 2. The van der Waals surface area contributed by atoms with Gasteiger partial charge in [-0.15, -0.1) is 11.8 Å². The lowest BCUT2D eigenvalue weighted by Gasteiger charge is -2.25. The van der Waals surface area contributed by atoms with E-state index in [1.54, 1.807) is 12.1 Å². The average Bonchev–Trinajstić information content (AvgIpc) is 2.55. The number of nitrogens with one attached hydrogen (secondary N) is 1. The highest BCUT2D eigenvalue weighted by Crippen LogP contribution is 2.35. The van der Waals surface area contributed by atoms with Gasteiger partial charge < -0.3 is 5.32 Å². The van der Waals surface area contributed by atoms with Crippen LogP contribution in [0.1, 0.15) is 30.0 Å². The van der Waals surface area contributed by atoms with Gasteiger partial charge in [-0.1, -0.05) is 30.3 Å². The highest BCUT2D eigenvalue weighted by atomic mass is 32.2. The van der Waals surface area contributed by atoms with Crippen LogP contribution in [-0.4, -0.2) is 11.7 Å². The monoisotopic (exact) mass is 315 g/mol. The number of carbonyl (C=O) groups is 1. The Labute approximate surface area is 134 Å². The van der Waals surface area contributed by atoms with Gasteiger partial charge in [0.1, 0.15) is 5.82 Å². The molecule has 1 amide bonds. The van der Waals surface area contributed by atoms with E-state index in [1.165, 1.54) is 22.6 Å². The molecule has 22 heavy (non-hydrogen) atoms. The van der Waals surface area contributed by atoms with Crippen molar-refractivity contribution in [2.45, 2.75) is 30.2 Å². The first kappa shape index (κ1) is 15.1. The first-order chi connectivity index (χ1) is 10.7. The fraction of sp³-hybridized carbons (Fsp3) is 0.278. The van der Waals surface area contributed by atoms with Crippen LogP contribution >= 0.6 is 11.8 Å². The van der Waals surface area contributed by atoms with Crippen LogP contribution in [0.3, 0.4) is 0 Å². The van der Waals surface area contributed by atoms with Gasteiger partial charge in [-0.05, 0) is 42.2 Å². The van der Waals surface area contributed by atoms with Gasteiger partial charge >= 0.3 is 0 Å². The molecule has 2 aromatic rings. The number of amides is 1. The SMILES string of the molecule is O=C(CCc1ccc(F)cc1)N[C@H]1CCSc2ccccc21. The van der Waals surface area contributed by atoms with E-state index in [0.717, 1.165) is 17.7 Å². The van der Waals surface area contributed by atoms with Gasteiger partial charge in [0.25, 0.3) is 0 Å². The molecular weight excluding hydrogens is 297 g/mol. The van der Waals surface area contributed by atoms with Crippen LogP contribution in [-0.2, 0) is 11.2 Å². The topological polar surface area (TPSA) is 29.1 Å². The molecule has 0 saturated heterocycles. The molecule has 0 saturated carbocycles. The second kappa shape index (κ2) is 6.97. The lowest BCUT2D eigenvalue weighted by Crippen LogP contribution is -2.30. The summed E-state index contributed by atoms with van der Waals surface area (Å²) in [7, 11) is 0. The third-order valence-electron chi connectivity index (χ3n) is 3.85. The molecule has 0 aliphatic carbocycles. The van der Waals surface area contributed by atoms with Crippen LogP contribution in [0.4, 0.5) is 4.39 Å². The van der Waals surface area contributed by atoms with E-state index in [0.29, 0.717) is 12.8 Å². The van der Waals surface area contributed by atoms with E-state index in [4.69, 9.17) is 0 Å². The Hall–Kier alpha value is -1.81. The Balaban J connectivity index is 1.57. The molecule has 0 fully saturated rings. The highest BCUT2D eigenvalue weighted by Gasteiger charge is 2.21. The minimum absolute atomic E-state index is 0.0519. The quantitative estimate of drug-likeness (QED) is 0.920. The molecule has 2 aromatic carbocycles. The molecule has 114 valence electrons. The van der Waals surface area contributed by atoms with E-state index in [2.05, 4.69) is 17.4 Å². The van der Waals surface area contributed by atoms with Crippen molar-refractivity contribution in [2.24, 2.45) is 0 Å². The number of thioether (sulfide) groups is 1. The largest absolute Gasteiger partial charge is 0.349 e. The zero-order chi connectivity index (χ0) is 15.4. The predicted molar refractivity (Wildman–Crippen MR) is 87.4 cm³/mol. The fourth-order valence-electron chi connectivity index (χ4n) is 2.67. The average molecular weight is 315 g/mol. The number of benzene rings is 2. The number of halogens is 1. The van der Waals surface area contributed by atoms with Crippen LogP contribution in [0, 0.1) is 5.82 Å². The second-order valence-corrected chi connectivity index (χ2v) is 6.56. The molecule has 0 unspecified atom stereocenters. The minimum atomic E-state index is -0.246. The van der Waals surface area contributed by atoms with Crippen molar-refractivity contribution in [1.82, 2.24) is 5.32 Å². The standard InChI is InChI=1S/C18H18FNOS/c19-14-8-5-13(6-9-14)7-10-18(21)20-16-11-12-22-17-4-2-1-3-15(16)17/h1-6,8-9,16H,7,10-12H2,(H,20,21)/t16-/m0/s1. The molecule has 1 aliphatic rings. The highest BCUT2D eigenvalue weighted by molar-refractivity contribution is 7.99. The van der Waals surface area contributed by atoms with Gasteiger partial charge in [0, 0.05) is 17.1 Å². The molecule has 1 aliphatic heterocycles. The summed E-state index contributed by atoms with van der Waals surface area (Å²) in [6.45, 7) is 0. The molecule has 0 aromatic heterocycles. The zero-order valence-electron chi connectivity index (χ0n) is 12.2. The Morgan fingerprint density at radius 2 is 1.95 bits per heavy atom. The van der Waals surface area contributed by atoms with Crippen LogP contribution in [0.2, 0.25) is 0 Å². The molecule has 1 N–H and O–H groups in total. The number of rotatable bonds is 4. The third kappa shape index (κ3) is 3.69. The molecule has 4 heteroatoms. The summed E-state index contributed by atoms with van der Waals surface area (Å²) in [5.74, 6) is 0.834. The number of carbonyl (C=O) groups excluding carboxylic acids is 1. The Bertz CT molecular complexity index is 656. The number of aryl methyl sites for hydroxylation is 1. The van der Waals surface area contributed by atoms with Crippen LogP contribution < -0.4 is 5.32 Å². The lowest BCUT2D eigenvalue weighted by molar-refractivity contribution is -0.121.